The minimum Gasteiger partial charge on any atom is -0.508 e. The Morgan fingerprint density at radius 1 is 1.15 bits per heavy atom. The van der Waals surface area contributed by atoms with E-state index < -0.39 is 8.80 Å². The maximum absolute atomic E-state index is 9.07. The summed E-state index contributed by atoms with van der Waals surface area (Å²) in [6, 6.07) is 6.62. The van der Waals surface area contributed by atoms with Crippen molar-refractivity contribution >= 4 is 8.80 Å². The summed E-state index contributed by atoms with van der Waals surface area (Å²) >= 11 is 0. The summed E-state index contributed by atoms with van der Waals surface area (Å²) in [7, 11) is -3.48. The van der Waals surface area contributed by atoms with Crippen molar-refractivity contribution in [3.05, 3.63) is 29.8 Å². The third kappa shape index (κ3) is 4.04. The molecule has 1 aromatic carbocycles. The van der Waals surface area contributed by atoms with E-state index in [2.05, 4.69) is 14.4 Å². The van der Waals surface area contributed by atoms with Crippen LogP contribution in [-0.4, -0.2) is 32.6 Å². The summed E-state index contributed by atoms with van der Waals surface area (Å²) in [6.07, 6.45) is 0.448. The number of phenolic OH excluding ortho intramolecular Hbond substituents is 1. The third-order valence-corrected chi connectivity index (χ3v) is 2.52. The van der Waals surface area contributed by atoms with E-state index in [0.29, 0.717) is 6.42 Å². The highest BCUT2D eigenvalue weighted by atomic mass is 28.4. The van der Waals surface area contributed by atoms with Crippen molar-refractivity contribution in [1.29, 1.82) is 4.29 Å². The van der Waals surface area contributed by atoms with Crippen molar-refractivity contribution in [2.45, 2.75) is 12.5 Å². The Bertz CT molecular complexity index is 309. The second kappa shape index (κ2) is 3.88. The van der Waals surface area contributed by atoms with E-state index in [1.54, 1.807) is 12.1 Å². The van der Waals surface area contributed by atoms with Crippen molar-refractivity contribution in [1.82, 2.24) is 0 Å². The van der Waals surface area contributed by atoms with Gasteiger partial charge in [-0.3, -0.25) is 0 Å². The van der Waals surface area contributed by atoms with Crippen LogP contribution in [0.5, 0.6) is 5.75 Å². The molecule has 0 fully saturated rings. The van der Waals surface area contributed by atoms with E-state index in [4.69, 9.17) is 9.40 Å². The van der Waals surface area contributed by atoms with Gasteiger partial charge < -0.3 is 19.5 Å². The van der Waals surface area contributed by atoms with Crippen LogP contribution in [0.15, 0.2) is 24.3 Å². The number of hydrogen-bond acceptors (Lipinski definition) is 4. The first-order chi connectivity index (χ1) is 7.65. The van der Waals surface area contributed by atoms with Gasteiger partial charge in [-0.1, -0.05) is 12.1 Å². The normalized spacial score (nSPS) is 14.6. The molecule has 0 spiro atoms. The first-order valence-electron chi connectivity index (χ1n) is 5.09. The predicted octanol–water partition coefficient (Wildman–Crippen LogP) is -0.149. The molecule has 0 bridgehead atoms. The van der Waals surface area contributed by atoms with Crippen LogP contribution >= 0.6 is 0 Å². The lowest BCUT2D eigenvalue weighted by Crippen LogP contribution is -2.34. The summed E-state index contributed by atoms with van der Waals surface area (Å²) in [5, 5.41) is 9.07. The number of aromatic hydroxyl groups is 1. The number of rotatable bonds is 6. The van der Waals surface area contributed by atoms with Crippen LogP contribution in [0, 0.1) is 0 Å². The van der Waals surface area contributed by atoms with Crippen LogP contribution < -0.4 is 0 Å². The van der Waals surface area contributed by atoms with Crippen LogP contribution in [0.4, 0.5) is 0 Å². The van der Waals surface area contributed by atoms with Crippen molar-refractivity contribution in [3.8, 4) is 5.75 Å². The number of benzene rings is 1. The molecule has 1 rings (SSSR count). The van der Waals surface area contributed by atoms with Gasteiger partial charge in [0.2, 0.25) is 0 Å². The molecular weight excluding hydrogens is 188 g/mol. The molecule has 0 heterocycles. The Labute approximate surface area is 81.6 Å². The van der Waals surface area contributed by atoms with Crippen LogP contribution in [0.25, 0.3) is 0 Å². The zero-order chi connectivity index (χ0) is 12.0. The molecule has 13 heavy (non-hydrogen) atoms. The smallest absolute Gasteiger partial charge is 0.493 e. The van der Waals surface area contributed by atoms with Gasteiger partial charge in [0.25, 0.3) is 0 Å². The summed E-state index contributed by atoms with van der Waals surface area (Å²) in [6.45, 7) is 0. The number of hydrogen-bond donors (Lipinski definition) is 4. The zero-order valence-corrected chi connectivity index (χ0v) is 7.90. The second-order valence-corrected chi connectivity index (χ2v) is 4.72. The Kier molecular flexibility index (Phi) is 1.96. The standard InChI is InChI=1S/C8H12O4Si/c9-8-3-1-7(2-4-8)5-6-13(10,11)12/h1-4,9-12H,5-6H2/i10T,11T,12T. The molecule has 1 aromatic rings. The molecular formula is C8H12O4Si. The van der Waals surface area contributed by atoms with E-state index in [9.17, 15) is 0 Å². The average molecular weight is 206 g/mol. The van der Waals surface area contributed by atoms with Gasteiger partial charge in [0.15, 0.2) is 4.29 Å². The van der Waals surface area contributed by atoms with Gasteiger partial charge >= 0.3 is 8.80 Å². The van der Waals surface area contributed by atoms with Crippen LogP contribution in [0.3, 0.4) is 0 Å². The van der Waals surface area contributed by atoms with Gasteiger partial charge in [0, 0.05) is 6.04 Å². The largest absolute Gasteiger partial charge is 0.508 e. The van der Waals surface area contributed by atoms with Crippen molar-refractivity contribution in [2.24, 2.45) is 0 Å². The molecule has 0 atom stereocenters. The Hall–Kier alpha value is -0.883. The number of phenols is 1. The first kappa shape index (κ1) is 6.55. The fourth-order valence-corrected chi connectivity index (χ4v) is 1.55. The molecule has 0 aliphatic rings. The van der Waals surface area contributed by atoms with Gasteiger partial charge in [0.05, 0.1) is 0 Å². The van der Waals surface area contributed by atoms with E-state index in [1.807, 2.05) is 0 Å². The molecule has 4 nitrogen and oxygen atoms in total. The van der Waals surface area contributed by atoms with Crippen molar-refractivity contribution in [2.75, 3.05) is 0 Å². The summed E-state index contributed by atoms with van der Waals surface area (Å²) in [5.74, 6) is 0.164. The summed E-state index contributed by atoms with van der Waals surface area (Å²) in [4.78, 5) is 12.6. The van der Waals surface area contributed by atoms with Gasteiger partial charge in [0.1, 0.15) is 5.75 Å². The van der Waals surface area contributed by atoms with Gasteiger partial charge in [-0.05, 0) is 24.1 Å². The third-order valence-electron chi connectivity index (χ3n) is 1.66. The molecule has 0 aliphatic heterocycles. The maximum atomic E-state index is 9.07. The van der Waals surface area contributed by atoms with E-state index in [1.165, 1.54) is 12.1 Å². The molecule has 4 N–H and O–H groups in total. The highest BCUT2D eigenvalue weighted by Crippen LogP contribution is 2.12. The SMILES string of the molecule is [3H]O[Si](CCc1ccc(O)cc1)(O[3H])O[3H]. The quantitative estimate of drug-likeness (QED) is 0.488. The van der Waals surface area contributed by atoms with Gasteiger partial charge in [-0.15, -0.1) is 0 Å². The van der Waals surface area contributed by atoms with Gasteiger partial charge in [-0.25, -0.2) is 0 Å². The van der Waals surface area contributed by atoms with Crippen molar-refractivity contribution < 1.29 is 19.5 Å². The van der Waals surface area contributed by atoms with Crippen molar-refractivity contribution in [3.63, 3.8) is 0 Å². The van der Waals surface area contributed by atoms with Crippen LogP contribution in [-0.2, 0) is 6.42 Å². The molecule has 0 radical (unpaired) electrons. The molecule has 72 valence electrons. The molecule has 0 unspecified atom stereocenters. The lowest BCUT2D eigenvalue weighted by molar-refractivity contribution is 0.228. The Morgan fingerprint density at radius 2 is 1.77 bits per heavy atom. The van der Waals surface area contributed by atoms with E-state index in [0.717, 1.165) is 5.56 Å². The maximum Gasteiger partial charge on any atom is 0.493 e. The monoisotopic (exact) mass is 206 g/mol. The Morgan fingerprint density at radius 3 is 2.31 bits per heavy atom. The molecule has 0 aromatic heterocycles. The molecule has 5 heteroatoms. The highest BCUT2D eigenvalue weighted by molar-refractivity contribution is 6.56. The molecule has 0 saturated heterocycles. The summed E-state index contributed by atoms with van der Waals surface area (Å²) in [5.41, 5.74) is 0.876. The Balaban J connectivity index is 2.58. The van der Waals surface area contributed by atoms with E-state index in [-0.39, 0.29) is 11.8 Å². The second-order valence-electron chi connectivity index (χ2n) is 2.85. The summed E-state index contributed by atoms with van der Waals surface area (Å²) < 4.78 is 20.2. The minimum atomic E-state index is -3.48. The topological polar surface area (TPSA) is 80.9 Å². The average Bonchev–Trinajstić information content (AvgIpc) is 2.34. The predicted molar refractivity (Wildman–Crippen MR) is 49.0 cm³/mol. The van der Waals surface area contributed by atoms with Crippen LogP contribution in [0.2, 0.25) is 6.04 Å². The lowest BCUT2D eigenvalue weighted by Gasteiger charge is -2.08. The fourth-order valence-electron chi connectivity index (χ4n) is 0.960. The number of aryl methyl sites for hydroxylation is 1. The lowest BCUT2D eigenvalue weighted by atomic mass is 10.2. The zero-order valence-electron chi connectivity index (χ0n) is 9.90. The molecule has 0 saturated carbocycles. The fraction of sp³-hybridized carbons (Fsp3) is 0.250. The minimum absolute atomic E-state index is 0.161. The van der Waals surface area contributed by atoms with Gasteiger partial charge in [-0.2, -0.15) is 0 Å². The molecule has 0 aliphatic carbocycles. The van der Waals surface area contributed by atoms with E-state index >= 15 is 0 Å². The first-order valence-corrected chi connectivity index (χ1v) is 5.80. The molecule has 0 amide bonds. The van der Waals surface area contributed by atoms with Crippen LogP contribution in [0.1, 0.15) is 5.56 Å². The highest BCUT2D eigenvalue weighted by Gasteiger charge is 2.25.